The van der Waals surface area contributed by atoms with Crippen LogP contribution in [0.1, 0.15) is 97.3 Å². The Morgan fingerprint density at radius 1 is 1.03 bits per heavy atom. The molecular formula is C24H40FNO3. The number of hydrogen-bond donors (Lipinski definition) is 0. The lowest BCUT2D eigenvalue weighted by Gasteiger charge is -2.38. The van der Waals surface area contributed by atoms with Gasteiger partial charge < -0.3 is 9.47 Å². The first kappa shape index (κ1) is 24.1. The van der Waals surface area contributed by atoms with Gasteiger partial charge in [-0.3, -0.25) is 4.79 Å². The maximum atomic E-state index is 14.7. The van der Waals surface area contributed by atoms with Crippen molar-refractivity contribution in [3.63, 3.8) is 0 Å². The molecule has 2 fully saturated rings. The molecule has 166 valence electrons. The summed E-state index contributed by atoms with van der Waals surface area (Å²) in [5, 5.41) is 8.78. The zero-order valence-corrected chi connectivity index (χ0v) is 18.4. The highest BCUT2D eigenvalue weighted by atomic mass is 19.1. The number of nitrogens with zero attached hydrogens (tertiary/aromatic N) is 1. The molecule has 0 aromatic heterocycles. The summed E-state index contributed by atoms with van der Waals surface area (Å²) < 4.78 is 25.7. The van der Waals surface area contributed by atoms with Crippen molar-refractivity contribution in [1.82, 2.24) is 0 Å². The highest BCUT2D eigenvalue weighted by Gasteiger charge is 2.37. The Hall–Kier alpha value is -1.15. The molecule has 29 heavy (non-hydrogen) atoms. The van der Waals surface area contributed by atoms with E-state index in [9.17, 15) is 9.18 Å². The van der Waals surface area contributed by atoms with Crippen molar-refractivity contribution in [1.29, 1.82) is 5.26 Å². The average Bonchev–Trinajstić information content (AvgIpc) is 2.74. The number of nitriles is 1. The van der Waals surface area contributed by atoms with Crippen molar-refractivity contribution in [3.8, 4) is 6.07 Å². The standard InChI is InChI=1S/C24H40FNO3/c1-3-4-5-6-7-8-15-28-23-14-13-21(16-22(23)25)19-9-11-20(12-10-19)24(27)29-18(2)17-26/h18-23H,3-16H2,1-2H3. The summed E-state index contributed by atoms with van der Waals surface area (Å²) in [5.74, 6) is 0.576. The van der Waals surface area contributed by atoms with Crippen LogP contribution in [0.4, 0.5) is 4.39 Å². The second kappa shape index (κ2) is 13.2. The summed E-state index contributed by atoms with van der Waals surface area (Å²) in [4.78, 5) is 12.1. The van der Waals surface area contributed by atoms with Crippen LogP contribution in [0.5, 0.6) is 0 Å². The Labute approximate surface area is 176 Å². The Kier molecular flexibility index (Phi) is 11.0. The molecule has 0 aromatic rings. The van der Waals surface area contributed by atoms with E-state index in [1.54, 1.807) is 6.92 Å². The second-order valence-corrected chi connectivity index (χ2v) is 9.09. The summed E-state index contributed by atoms with van der Waals surface area (Å²) in [5.41, 5.74) is 0. The maximum absolute atomic E-state index is 14.7. The summed E-state index contributed by atoms with van der Waals surface area (Å²) in [6.45, 7) is 4.51. The summed E-state index contributed by atoms with van der Waals surface area (Å²) in [6, 6.07) is 1.94. The Balaban J connectivity index is 1.62. The van der Waals surface area contributed by atoms with Crippen LogP contribution in [-0.2, 0) is 14.3 Å². The monoisotopic (exact) mass is 409 g/mol. The summed E-state index contributed by atoms with van der Waals surface area (Å²) in [7, 11) is 0. The summed E-state index contributed by atoms with van der Waals surface area (Å²) in [6.07, 6.45) is 11.6. The maximum Gasteiger partial charge on any atom is 0.310 e. The van der Waals surface area contributed by atoms with Crippen LogP contribution in [0.15, 0.2) is 0 Å². The second-order valence-electron chi connectivity index (χ2n) is 9.09. The zero-order valence-electron chi connectivity index (χ0n) is 18.4. The van der Waals surface area contributed by atoms with Crippen molar-refractivity contribution < 1.29 is 18.7 Å². The van der Waals surface area contributed by atoms with Gasteiger partial charge in [0.2, 0.25) is 0 Å². The van der Waals surface area contributed by atoms with Gasteiger partial charge in [-0.25, -0.2) is 4.39 Å². The van der Waals surface area contributed by atoms with E-state index in [2.05, 4.69) is 6.92 Å². The lowest BCUT2D eigenvalue weighted by molar-refractivity contribution is -0.152. The Morgan fingerprint density at radius 3 is 2.34 bits per heavy atom. The van der Waals surface area contributed by atoms with Crippen molar-refractivity contribution >= 4 is 5.97 Å². The molecule has 2 aliphatic rings. The quantitative estimate of drug-likeness (QED) is 0.304. The van der Waals surface area contributed by atoms with Gasteiger partial charge in [-0.2, -0.15) is 5.26 Å². The number of carbonyl (C=O) groups excluding carboxylic acids is 1. The third-order valence-corrected chi connectivity index (χ3v) is 6.83. The van der Waals surface area contributed by atoms with Gasteiger partial charge in [0.05, 0.1) is 12.0 Å². The fourth-order valence-electron chi connectivity index (χ4n) is 4.97. The molecule has 2 saturated carbocycles. The first-order valence-electron chi connectivity index (χ1n) is 11.9. The first-order valence-corrected chi connectivity index (χ1v) is 11.9. The van der Waals surface area contributed by atoms with Crippen molar-refractivity contribution in [3.05, 3.63) is 0 Å². The predicted molar refractivity (Wildman–Crippen MR) is 112 cm³/mol. The normalized spacial score (nSPS) is 31.0. The van der Waals surface area contributed by atoms with Crippen molar-refractivity contribution in [2.75, 3.05) is 6.61 Å². The fraction of sp³-hybridized carbons (Fsp3) is 0.917. The molecule has 0 saturated heterocycles. The molecule has 0 radical (unpaired) electrons. The molecule has 4 nitrogen and oxygen atoms in total. The van der Waals surface area contributed by atoms with E-state index in [4.69, 9.17) is 14.7 Å². The molecule has 2 aliphatic carbocycles. The minimum atomic E-state index is -0.854. The molecule has 0 spiro atoms. The van der Waals surface area contributed by atoms with Gasteiger partial charge >= 0.3 is 5.97 Å². The molecule has 0 aliphatic heterocycles. The van der Waals surface area contributed by atoms with Crippen LogP contribution in [0, 0.1) is 29.1 Å². The van der Waals surface area contributed by atoms with E-state index >= 15 is 0 Å². The van der Waals surface area contributed by atoms with Crippen molar-refractivity contribution in [2.24, 2.45) is 17.8 Å². The Bertz CT molecular complexity index is 513. The topological polar surface area (TPSA) is 59.3 Å². The van der Waals surface area contributed by atoms with E-state index in [0.29, 0.717) is 24.9 Å². The largest absolute Gasteiger partial charge is 0.447 e. The smallest absolute Gasteiger partial charge is 0.310 e. The van der Waals surface area contributed by atoms with Gasteiger partial charge in [0, 0.05) is 6.61 Å². The fourth-order valence-corrected chi connectivity index (χ4v) is 4.97. The molecule has 0 N–H and O–H groups in total. The third-order valence-electron chi connectivity index (χ3n) is 6.83. The molecule has 0 amide bonds. The number of esters is 1. The SMILES string of the molecule is CCCCCCCCOC1CCC(C2CCC(C(=O)OC(C)C#N)CC2)CC1F. The zero-order chi connectivity index (χ0) is 21.1. The van der Waals surface area contributed by atoms with Crippen LogP contribution >= 0.6 is 0 Å². The molecule has 5 heteroatoms. The van der Waals surface area contributed by atoms with Gasteiger partial charge in [-0.05, 0) is 70.1 Å². The van der Waals surface area contributed by atoms with E-state index < -0.39 is 12.3 Å². The van der Waals surface area contributed by atoms with Crippen LogP contribution in [0.3, 0.4) is 0 Å². The highest BCUT2D eigenvalue weighted by molar-refractivity contribution is 5.72. The molecule has 0 bridgehead atoms. The number of carbonyl (C=O) groups is 1. The van der Waals surface area contributed by atoms with Crippen LogP contribution in [-0.4, -0.2) is 31.0 Å². The number of unbranched alkanes of at least 4 members (excludes halogenated alkanes) is 5. The lowest BCUT2D eigenvalue weighted by Crippen LogP contribution is -2.37. The van der Waals surface area contributed by atoms with Crippen LogP contribution in [0.25, 0.3) is 0 Å². The minimum absolute atomic E-state index is 0.0970. The van der Waals surface area contributed by atoms with E-state index in [0.717, 1.165) is 44.9 Å². The molecule has 0 aromatic carbocycles. The van der Waals surface area contributed by atoms with E-state index in [1.165, 1.54) is 32.1 Å². The Morgan fingerprint density at radius 2 is 1.69 bits per heavy atom. The first-order chi connectivity index (χ1) is 14.0. The third kappa shape index (κ3) is 8.24. The van der Waals surface area contributed by atoms with Gasteiger partial charge in [-0.15, -0.1) is 0 Å². The molecular weight excluding hydrogens is 369 g/mol. The molecule has 2 rings (SSSR count). The molecule has 4 unspecified atom stereocenters. The van der Waals surface area contributed by atoms with Gasteiger partial charge in [0.1, 0.15) is 12.2 Å². The van der Waals surface area contributed by atoms with Crippen molar-refractivity contribution in [2.45, 2.75) is 116 Å². The molecule has 0 heterocycles. The lowest BCUT2D eigenvalue weighted by atomic mass is 9.70. The predicted octanol–water partition coefficient (Wildman–Crippen LogP) is 6.13. The number of rotatable bonds is 11. The number of ether oxygens (including phenoxy) is 2. The van der Waals surface area contributed by atoms with Crippen LogP contribution in [0.2, 0.25) is 0 Å². The van der Waals surface area contributed by atoms with E-state index in [1.807, 2.05) is 6.07 Å². The molecule has 4 atom stereocenters. The average molecular weight is 410 g/mol. The van der Waals surface area contributed by atoms with Crippen LogP contribution < -0.4 is 0 Å². The van der Waals surface area contributed by atoms with Gasteiger partial charge in [0.15, 0.2) is 6.10 Å². The number of halogens is 1. The van der Waals surface area contributed by atoms with Gasteiger partial charge in [-0.1, -0.05) is 39.0 Å². The highest BCUT2D eigenvalue weighted by Crippen LogP contribution is 2.41. The van der Waals surface area contributed by atoms with Gasteiger partial charge in [0.25, 0.3) is 0 Å². The number of hydrogen-bond acceptors (Lipinski definition) is 4. The summed E-state index contributed by atoms with van der Waals surface area (Å²) >= 11 is 0. The number of alkyl halides is 1. The van der Waals surface area contributed by atoms with E-state index in [-0.39, 0.29) is 18.0 Å². The minimum Gasteiger partial charge on any atom is -0.447 e.